The van der Waals surface area contributed by atoms with Crippen LogP contribution in [0.1, 0.15) is 34.1 Å². The van der Waals surface area contributed by atoms with Gasteiger partial charge in [-0.3, -0.25) is 0 Å². The molecule has 0 aliphatic carbocycles. The average Bonchev–Trinajstić information content (AvgIpc) is 2.14. The fourth-order valence-electron chi connectivity index (χ4n) is 1.60. The topological polar surface area (TPSA) is 18.5 Å². The Balaban J connectivity index is 4.45. The predicted octanol–water partition coefficient (Wildman–Crippen LogP) is 3.49. The summed E-state index contributed by atoms with van der Waals surface area (Å²) >= 11 is 0. The predicted molar refractivity (Wildman–Crippen MR) is 63.7 cm³/mol. The normalized spacial score (nSPS) is 12.1. The van der Waals surface area contributed by atoms with Crippen LogP contribution in [0, 0.1) is 0 Å². The first kappa shape index (κ1) is 13.9. The van der Waals surface area contributed by atoms with Gasteiger partial charge in [0, 0.05) is 13.2 Å². The van der Waals surface area contributed by atoms with Crippen LogP contribution in [-0.4, -0.2) is 21.8 Å². The van der Waals surface area contributed by atoms with E-state index >= 15 is 0 Å². The number of hydrogen-bond acceptors (Lipinski definition) is 2. The van der Waals surface area contributed by atoms with Gasteiger partial charge in [-0.15, -0.1) is 6.58 Å². The maximum Gasteiger partial charge on any atom is 0.341 e. The molecule has 0 spiro atoms. The Bertz CT molecular complexity index is 151. The third kappa shape index (κ3) is 3.94. The van der Waals surface area contributed by atoms with Crippen molar-refractivity contribution in [2.24, 2.45) is 0 Å². The van der Waals surface area contributed by atoms with Crippen LogP contribution in [-0.2, 0) is 8.85 Å². The zero-order chi connectivity index (χ0) is 11.0. The molecular formula is C11H24O2Si. The van der Waals surface area contributed by atoms with Gasteiger partial charge in [0.15, 0.2) is 0 Å². The zero-order valence-electron chi connectivity index (χ0n) is 10.0. The highest BCUT2D eigenvalue weighted by Gasteiger charge is 2.39. The van der Waals surface area contributed by atoms with Crippen molar-refractivity contribution in [3.05, 3.63) is 12.7 Å². The van der Waals surface area contributed by atoms with Crippen molar-refractivity contribution in [3.63, 3.8) is 0 Å². The van der Waals surface area contributed by atoms with Crippen molar-refractivity contribution < 1.29 is 8.85 Å². The highest BCUT2D eigenvalue weighted by molar-refractivity contribution is 6.68. The molecule has 0 fully saturated rings. The Hall–Kier alpha value is -0.123. The van der Waals surface area contributed by atoms with E-state index < -0.39 is 8.56 Å². The van der Waals surface area contributed by atoms with Crippen molar-refractivity contribution in [3.8, 4) is 0 Å². The van der Waals surface area contributed by atoms with Gasteiger partial charge in [0.1, 0.15) is 0 Å². The van der Waals surface area contributed by atoms with E-state index in [9.17, 15) is 0 Å². The molecular weight excluding hydrogens is 192 g/mol. The molecule has 0 saturated heterocycles. The van der Waals surface area contributed by atoms with Crippen LogP contribution in [0.3, 0.4) is 0 Å². The van der Waals surface area contributed by atoms with Crippen LogP contribution in [0.25, 0.3) is 0 Å². The Morgan fingerprint density at radius 3 is 2.00 bits per heavy atom. The summed E-state index contributed by atoms with van der Waals surface area (Å²) in [5.74, 6) is 0. The maximum atomic E-state index is 5.90. The molecule has 0 aliphatic rings. The summed E-state index contributed by atoms with van der Waals surface area (Å²) in [6, 6.07) is 1.02. The molecule has 0 heterocycles. The number of rotatable bonds is 8. The lowest BCUT2D eigenvalue weighted by molar-refractivity contribution is 0.175. The summed E-state index contributed by atoms with van der Waals surface area (Å²) in [4.78, 5) is 0. The van der Waals surface area contributed by atoms with Gasteiger partial charge in [-0.1, -0.05) is 19.9 Å². The molecule has 0 aromatic carbocycles. The zero-order valence-corrected chi connectivity index (χ0v) is 11.0. The van der Waals surface area contributed by atoms with Crippen molar-refractivity contribution in [1.29, 1.82) is 0 Å². The van der Waals surface area contributed by atoms with Crippen LogP contribution in [0.4, 0.5) is 0 Å². The minimum atomic E-state index is -1.97. The number of hydrogen-bond donors (Lipinski definition) is 0. The van der Waals surface area contributed by atoms with E-state index in [0.29, 0.717) is 5.54 Å². The molecule has 0 N–H and O–H groups in total. The first-order chi connectivity index (χ1) is 6.63. The molecule has 0 atom stereocenters. The Kier molecular flexibility index (Phi) is 7.14. The molecule has 0 bridgehead atoms. The SMILES string of the molecule is C=CCC[Si](OCC)(OCC)C(C)C. The molecule has 0 unspecified atom stereocenters. The molecule has 14 heavy (non-hydrogen) atoms. The van der Waals surface area contributed by atoms with Gasteiger partial charge in [-0.05, 0) is 31.9 Å². The van der Waals surface area contributed by atoms with Crippen LogP contribution < -0.4 is 0 Å². The van der Waals surface area contributed by atoms with E-state index in [1.54, 1.807) is 0 Å². The smallest absolute Gasteiger partial charge is 0.341 e. The third-order valence-electron chi connectivity index (χ3n) is 2.35. The molecule has 3 heteroatoms. The second kappa shape index (κ2) is 7.21. The van der Waals surface area contributed by atoms with E-state index in [1.165, 1.54) is 0 Å². The van der Waals surface area contributed by atoms with Crippen molar-refractivity contribution >= 4 is 8.56 Å². The Morgan fingerprint density at radius 1 is 1.21 bits per heavy atom. The van der Waals surface area contributed by atoms with Crippen molar-refractivity contribution in [2.75, 3.05) is 13.2 Å². The fourth-order valence-corrected chi connectivity index (χ4v) is 4.80. The molecule has 0 aromatic rings. The Morgan fingerprint density at radius 2 is 1.71 bits per heavy atom. The lowest BCUT2D eigenvalue weighted by Crippen LogP contribution is -2.45. The molecule has 0 amide bonds. The second-order valence-electron chi connectivity index (χ2n) is 3.66. The molecule has 0 aromatic heterocycles. The van der Waals surface area contributed by atoms with Gasteiger partial charge >= 0.3 is 8.56 Å². The summed E-state index contributed by atoms with van der Waals surface area (Å²) in [7, 11) is -1.97. The first-order valence-electron chi connectivity index (χ1n) is 5.51. The molecule has 0 radical (unpaired) electrons. The highest BCUT2D eigenvalue weighted by Crippen LogP contribution is 2.29. The van der Waals surface area contributed by atoms with Gasteiger partial charge in [-0.2, -0.15) is 0 Å². The minimum absolute atomic E-state index is 0.502. The first-order valence-corrected chi connectivity index (χ1v) is 7.61. The summed E-state index contributed by atoms with van der Waals surface area (Å²) in [6.07, 6.45) is 2.94. The average molecular weight is 216 g/mol. The lowest BCUT2D eigenvalue weighted by Gasteiger charge is -2.33. The maximum absolute atomic E-state index is 5.90. The summed E-state index contributed by atoms with van der Waals surface area (Å²) in [5, 5.41) is 0. The van der Waals surface area contributed by atoms with Crippen LogP contribution in [0.15, 0.2) is 12.7 Å². The molecule has 84 valence electrons. The standard InChI is InChI=1S/C11H24O2Si/c1-6-9-10-14(11(4)5,12-7-2)13-8-3/h6,11H,1,7-10H2,2-5H3. The summed E-state index contributed by atoms with van der Waals surface area (Å²) in [5.41, 5.74) is 0.502. The van der Waals surface area contributed by atoms with E-state index in [4.69, 9.17) is 8.85 Å². The largest absolute Gasteiger partial charge is 0.394 e. The van der Waals surface area contributed by atoms with Crippen LogP contribution >= 0.6 is 0 Å². The van der Waals surface area contributed by atoms with Crippen molar-refractivity contribution in [1.82, 2.24) is 0 Å². The third-order valence-corrected chi connectivity index (χ3v) is 6.65. The van der Waals surface area contributed by atoms with E-state index in [0.717, 1.165) is 25.7 Å². The number of allylic oxidation sites excluding steroid dienone is 1. The van der Waals surface area contributed by atoms with Gasteiger partial charge in [-0.25, -0.2) is 0 Å². The van der Waals surface area contributed by atoms with Gasteiger partial charge in [0.25, 0.3) is 0 Å². The summed E-state index contributed by atoms with van der Waals surface area (Å²) in [6.45, 7) is 13.7. The molecule has 0 aliphatic heterocycles. The molecule has 0 rings (SSSR count). The molecule has 2 nitrogen and oxygen atoms in total. The van der Waals surface area contributed by atoms with Crippen LogP contribution in [0.5, 0.6) is 0 Å². The quantitative estimate of drug-likeness (QED) is 0.457. The highest BCUT2D eigenvalue weighted by atomic mass is 28.4. The monoisotopic (exact) mass is 216 g/mol. The van der Waals surface area contributed by atoms with E-state index in [1.807, 2.05) is 19.9 Å². The minimum Gasteiger partial charge on any atom is -0.394 e. The van der Waals surface area contributed by atoms with E-state index in [2.05, 4.69) is 20.4 Å². The fraction of sp³-hybridized carbons (Fsp3) is 0.818. The summed E-state index contributed by atoms with van der Waals surface area (Å²) < 4.78 is 11.8. The van der Waals surface area contributed by atoms with Gasteiger partial charge < -0.3 is 8.85 Å². The van der Waals surface area contributed by atoms with Crippen LogP contribution in [0.2, 0.25) is 11.6 Å². The van der Waals surface area contributed by atoms with Gasteiger partial charge in [0.2, 0.25) is 0 Å². The lowest BCUT2D eigenvalue weighted by atomic mass is 10.5. The van der Waals surface area contributed by atoms with Gasteiger partial charge in [0.05, 0.1) is 0 Å². The second-order valence-corrected chi connectivity index (χ2v) is 7.52. The van der Waals surface area contributed by atoms with Crippen molar-refractivity contribution in [2.45, 2.75) is 45.7 Å². The molecule has 0 saturated carbocycles. The Labute approximate surface area is 89.6 Å². The van der Waals surface area contributed by atoms with E-state index in [-0.39, 0.29) is 0 Å².